The molecule has 0 atom stereocenters. The maximum Gasteiger partial charge on any atom is 0.293 e. The maximum absolute atomic E-state index is 12.3. The van der Waals surface area contributed by atoms with Crippen molar-refractivity contribution >= 4 is 22.9 Å². The molecular formula is C16H17N5O3S. The summed E-state index contributed by atoms with van der Waals surface area (Å²) in [5.74, 6) is 0.383. The molecule has 0 saturated carbocycles. The lowest BCUT2D eigenvalue weighted by Gasteiger charge is -2.10. The predicted octanol–water partition coefficient (Wildman–Crippen LogP) is 1.87. The highest BCUT2D eigenvalue weighted by Gasteiger charge is 2.35. The molecule has 0 unspecified atom stereocenters. The molecule has 1 aliphatic heterocycles. The van der Waals surface area contributed by atoms with Crippen LogP contribution in [0, 0.1) is 0 Å². The molecule has 0 N–H and O–H groups in total. The normalized spacial score (nSPS) is 16.0. The second-order valence-electron chi connectivity index (χ2n) is 5.57. The van der Waals surface area contributed by atoms with Gasteiger partial charge in [-0.05, 0) is 23.9 Å². The van der Waals surface area contributed by atoms with E-state index in [-0.39, 0.29) is 17.7 Å². The lowest BCUT2D eigenvalue weighted by atomic mass is 10.3. The minimum absolute atomic E-state index is 0.0827. The Morgan fingerprint density at radius 2 is 2.12 bits per heavy atom. The molecular weight excluding hydrogens is 342 g/mol. The summed E-state index contributed by atoms with van der Waals surface area (Å²) in [4.78, 5) is 27.7. The highest BCUT2D eigenvalue weighted by Crippen LogP contribution is 2.31. The van der Waals surface area contributed by atoms with Gasteiger partial charge >= 0.3 is 0 Å². The van der Waals surface area contributed by atoms with Crippen molar-refractivity contribution in [2.75, 3.05) is 21.2 Å². The molecule has 2 heterocycles. The number of nitrogens with zero attached hydrogens (tertiary/aromatic N) is 5. The molecule has 25 heavy (non-hydrogen) atoms. The average Bonchev–Trinajstić information content (AvgIpc) is 3.15. The summed E-state index contributed by atoms with van der Waals surface area (Å²) in [6.07, 6.45) is 3.33. The van der Waals surface area contributed by atoms with Crippen LogP contribution < -0.4 is 4.74 Å². The SMILES string of the molecule is COc1cccc(-n2cc(CN3C(=O)S/C(=C\N(C)C)C3=O)nn2)c1. The van der Waals surface area contributed by atoms with E-state index in [2.05, 4.69) is 10.3 Å². The summed E-state index contributed by atoms with van der Waals surface area (Å²) in [6, 6.07) is 7.36. The molecule has 8 nitrogen and oxygen atoms in total. The lowest BCUT2D eigenvalue weighted by molar-refractivity contribution is -0.123. The van der Waals surface area contributed by atoms with Gasteiger partial charge in [0.2, 0.25) is 0 Å². The fourth-order valence-electron chi connectivity index (χ4n) is 2.27. The summed E-state index contributed by atoms with van der Waals surface area (Å²) in [6.45, 7) is 0.0827. The second kappa shape index (κ2) is 6.98. The molecule has 0 aliphatic carbocycles. The van der Waals surface area contributed by atoms with Crippen molar-refractivity contribution in [2.45, 2.75) is 6.54 Å². The first-order valence-corrected chi connectivity index (χ1v) is 8.27. The number of carbonyl (C=O) groups excluding carboxylic acids is 2. The Morgan fingerprint density at radius 3 is 2.84 bits per heavy atom. The minimum atomic E-state index is -0.320. The smallest absolute Gasteiger partial charge is 0.293 e. The van der Waals surface area contributed by atoms with Gasteiger partial charge in [0, 0.05) is 26.4 Å². The quantitative estimate of drug-likeness (QED) is 0.754. The summed E-state index contributed by atoms with van der Waals surface area (Å²) in [5, 5.41) is 7.80. The molecule has 1 aromatic carbocycles. The van der Waals surface area contributed by atoms with Gasteiger partial charge in [-0.15, -0.1) is 5.10 Å². The first-order chi connectivity index (χ1) is 12.0. The summed E-state index contributed by atoms with van der Waals surface area (Å²) in [5.41, 5.74) is 1.30. The Hall–Kier alpha value is -2.81. The fraction of sp³-hybridized carbons (Fsp3) is 0.250. The topological polar surface area (TPSA) is 80.6 Å². The van der Waals surface area contributed by atoms with Crippen LogP contribution in [0.1, 0.15) is 5.69 Å². The third-order valence-corrected chi connectivity index (χ3v) is 4.32. The monoisotopic (exact) mass is 359 g/mol. The van der Waals surface area contributed by atoms with E-state index in [1.807, 2.05) is 24.3 Å². The van der Waals surface area contributed by atoms with E-state index in [0.717, 1.165) is 17.4 Å². The molecule has 0 bridgehead atoms. The van der Waals surface area contributed by atoms with Crippen LogP contribution in [0.3, 0.4) is 0 Å². The van der Waals surface area contributed by atoms with Gasteiger partial charge in [0.05, 0.1) is 30.4 Å². The van der Waals surface area contributed by atoms with Crippen molar-refractivity contribution in [1.82, 2.24) is 24.8 Å². The number of hydrogen-bond donors (Lipinski definition) is 0. The molecule has 0 spiro atoms. The van der Waals surface area contributed by atoms with Crippen molar-refractivity contribution in [3.8, 4) is 11.4 Å². The molecule has 2 amide bonds. The lowest BCUT2D eigenvalue weighted by Crippen LogP contribution is -2.28. The van der Waals surface area contributed by atoms with Gasteiger partial charge in [-0.3, -0.25) is 14.5 Å². The zero-order valence-electron chi connectivity index (χ0n) is 14.0. The van der Waals surface area contributed by atoms with Crippen LogP contribution in [0.5, 0.6) is 5.75 Å². The minimum Gasteiger partial charge on any atom is -0.497 e. The van der Waals surface area contributed by atoms with E-state index >= 15 is 0 Å². The van der Waals surface area contributed by atoms with Crippen LogP contribution in [-0.4, -0.2) is 57.1 Å². The number of hydrogen-bond acceptors (Lipinski definition) is 7. The average molecular weight is 359 g/mol. The van der Waals surface area contributed by atoms with Crippen molar-refractivity contribution in [2.24, 2.45) is 0 Å². The van der Waals surface area contributed by atoms with E-state index in [0.29, 0.717) is 16.3 Å². The summed E-state index contributed by atoms with van der Waals surface area (Å²) >= 11 is 0.923. The van der Waals surface area contributed by atoms with Crippen LogP contribution in [0.15, 0.2) is 41.6 Å². The van der Waals surface area contributed by atoms with E-state index in [9.17, 15) is 9.59 Å². The van der Waals surface area contributed by atoms with Gasteiger partial charge in [-0.25, -0.2) is 4.68 Å². The molecule has 3 rings (SSSR count). The highest BCUT2D eigenvalue weighted by atomic mass is 32.2. The Bertz CT molecular complexity index is 846. The zero-order valence-corrected chi connectivity index (χ0v) is 14.9. The van der Waals surface area contributed by atoms with Crippen LogP contribution in [0.2, 0.25) is 0 Å². The van der Waals surface area contributed by atoms with E-state index < -0.39 is 0 Å². The number of imide groups is 1. The predicted molar refractivity (Wildman–Crippen MR) is 93.2 cm³/mol. The standard InChI is InChI=1S/C16H17N5O3S/c1-19(2)10-14-15(22)20(16(23)25-14)8-11-9-21(18-17-11)12-5-4-6-13(7-12)24-3/h4-7,9-10H,8H2,1-3H3/b14-10-. The molecule has 9 heteroatoms. The molecule has 2 aromatic rings. The number of thioether (sulfide) groups is 1. The highest BCUT2D eigenvalue weighted by molar-refractivity contribution is 8.18. The van der Waals surface area contributed by atoms with Crippen LogP contribution in [-0.2, 0) is 11.3 Å². The maximum atomic E-state index is 12.3. The van der Waals surface area contributed by atoms with Crippen LogP contribution >= 0.6 is 11.8 Å². The second-order valence-corrected chi connectivity index (χ2v) is 6.57. The number of benzene rings is 1. The number of rotatable bonds is 5. The Labute approximate surface area is 149 Å². The van der Waals surface area contributed by atoms with Crippen LogP contribution in [0.4, 0.5) is 4.79 Å². The van der Waals surface area contributed by atoms with Gasteiger partial charge in [-0.1, -0.05) is 11.3 Å². The van der Waals surface area contributed by atoms with Crippen molar-refractivity contribution in [3.63, 3.8) is 0 Å². The Morgan fingerprint density at radius 1 is 1.32 bits per heavy atom. The van der Waals surface area contributed by atoms with Crippen molar-refractivity contribution in [3.05, 3.63) is 47.3 Å². The Kier molecular flexibility index (Phi) is 4.75. The van der Waals surface area contributed by atoms with Gasteiger partial charge in [0.25, 0.3) is 11.1 Å². The van der Waals surface area contributed by atoms with Gasteiger partial charge in [0.1, 0.15) is 11.4 Å². The zero-order chi connectivity index (χ0) is 18.0. The summed E-state index contributed by atoms with van der Waals surface area (Å²) in [7, 11) is 5.19. The largest absolute Gasteiger partial charge is 0.497 e. The third kappa shape index (κ3) is 3.66. The van der Waals surface area contributed by atoms with E-state index in [1.165, 1.54) is 4.90 Å². The molecule has 1 saturated heterocycles. The van der Waals surface area contributed by atoms with Gasteiger partial charge < -0.3 is 9.64 Å². The third-order valence-electron chi connectivity index (χ3n) is 3.43. The molecule has 1 fully saturated rings. The van der Waals surface area contributed by atoms with Gasteiger partial charge in [0.15, 0.2) is 0 Å². The first kappa shape index (κ1) is 17.0. The number of amides is 2. The molecule has 1 aromatic heterocycles. The van der Waals surface area contributed by atoms with Crippen molar-refractivity contribution < 1.29 is 14.3 Å². The Balaban J connectivity index is 1.77. The number of ether oxygens (including phenoxy) is 1. The van der Waals surface area contributed by atoms with Gasteiger partial charge in [-0.2, -0.15) is 0 Å². The molecule has 1 aliphatic rings. The molecule has 0 radical (unpaired) electrons. The number of aromatic nitrogens is 3. The van der Waals surface area contributed by atoms with Crippen molar-refractivity contribution in [1.29, 1.82) is 0 Å². The number of carbonyl (C=O) groups is 2. The number of methoxy groups -OCH3 is 1. The first-order valence-electron chi connectivity index (χ1n) is 7.45. The van der Waals surface area contributed by atoms with Crippen LogP contribution in [0.25, 0.3) is 5.69 Å². The molecule has 130 valence electrons. The van der Waals surface area contributed by atoms with E-state index in [1.54, 1.807) is 43.2 Å². The fourth-order valence-corrected chi connectivity index (χ4v) is 3.18. The van der Waals surface area contributed by atoms with E-state index in [4.69, 9.17) is 4.74 Å². The summed E-state index contributed by atoms with van der Waals surface area (Å²) < 4.78 is 6.77.